The highest BCUT2D eigenvalue weighted by atomic mass is 35.5. The maximum atomic E-state index is 5.87. The summed E-state index contributed by atoms with van der Waals surface area (Å²) in [5.74, 6) is 0. The van der Waals surface area contributed by atoms with Gasteiger partial charge < -0.3 is 9.73 Å². The normalized spacial score (nSPS) is 26.9. The fourth-order valence-corrected chi connectivity index (χ4v) is 3.62. The molecule has 2 saturated heterocycles. The van der Waals surface area contributed by atoms with Crippen LogP contribution in [0.1, 0.15) is 25.7 Å². The van der Waals surface area contributed by atoms with Crippen LogP contribution < -0.4 is 5.32 Å². The molecule has 0 spiro atoms. The minimum absolute atomic E-state index is 0.426. The van der Waals surface area contributed by atoms with Gasteiger partial charge >= 0.3 is 0 Å². The molecule has 0 unspecified atom stereocenters. The van der Waals surface area contributed by atoms with Gasteiger partial charge in [-0.05, 0) is 50.9 Å². The predicted octanol–water partition coefficient (Wildman–Crippen LogP) is 2.91. The quantitative estimate of drug-likeness (QED) is 0.863. The Bertz CT molecular complexity index is 629. The van der Waals surface area contributed by atoms with E-state index in [-0.39, 0.29) is 0 Å². The molecule has 0 aromatic carbocycles. The van der Waals surface area contributed by atoms with Crippen molar-refractivity contribution in [3.8, 4) is 0 Å². The Morgan fingerprint density at radius 2 is 2.05 bits per heavy atom. The molecule has 0 bridgehead atoms. The molecule has 106 valence electrons. The van der Waals surface area contributed by atoms with Gasteiger partial charge in [0, 0.05) is 12.1 Å². The van der Waals surface area contributed by atoms with E-state index in [4.69, 9.17) is 16.0 Å². The van der Waals surface area contributed by atoms with Crippen LogP contribution in [0.5, 0.6) is 0 Å². The van der Waals surface area contributed by atoms with E-state index in [1.54, 1.807) is 6.07 Å². The van der Waals surface area contributed by atoms with Gasteiger partial charge in [0.25, 0.3) is 6.01 Å². The number of oxazole rings is 1. The van der Waals surface area contributed by atoms with Crippen molar-refractivity contribution in [2.75, 3.05) is 18.4 Å². The number of fused-ring (bicyclic) bond motifs is 2. The first kappa shape index (κ1) is 12.4. The summed E-state index contributed by atoms with van der Waals surface area (Å²) in [5, 5.41) is 3.90. The van der Waals surface area contributed by atoms with Gasteiger partial charge in [0.05, 0.1) is 0 Å². The van der Waals surface area contributed by atoms with Crippen LogP contribution in [0.2, 0.25) is 5.15 Å². The Hall–Kier alpha value is -1.33. The molecule has 20 heavy (non-hydrogen) atoms. The van der Waals surface area contributed by atoms with E-state index in [1.165, 1.54) is 38.8 Å². The molecule has 0 radical (unpaired) electrons. The van der Waals surface area contributed by atoms with Crippen molar-refractivity contribution >= 4 is 28.8 Å². The molecule has 0 aliphatic carbocycles. The molecule has 2 atom stereocenters. The van der Waals surface area contributed by atoms with Gasteiger partial charge in [0.2, 0.25) is 5.65 Å². The third-order valence-electron chi connectivity index (χ3n) is 4.37. The third kappa shape index (κ3) is 2.15. The molecule has 5 nitrogen and oxygen atoms in total. The number of nitrogens with one attached hydrogen (secondary N) is 1. The Labute approximate surface area is 122 Å². The third-order valence-corrected chi connectivity index (χ3v) is 4.58. The van der Waals surface area contributed by atoms with E-state index in [0.29, 0.717) is 34.5 Å². The lowest BCUT2D eigenvalue weighted by Gasteiger charge is -2.36. The molecule has 2 fully saturated rings. The fourth-order valence-electron chi connectivity index (χ4n) is 3.48. The van der Waals surface area contributed by atoms with Crippen molar-refractivity contribution in [3.05, 3.63) is 17.3 Å². The largest absolute Gasteiger partial charge is 0.422 e. The van der Waals surface area contributed by atoms with Gasteiger partial charge in [0.1, 0.15) is 5.15 Å². The molecule has 1 N–H and O–H groups in total. The van der Waals surface area contributed by atoms with Gasteiger partial charge in [-0.25, -0.2) is 4.98 Å². The maximum Gasteiger partial charge on any atom is 0.297 e. The number of halogens is 1. The summed E-state index contributed by atoms with van der Waals surface area (Å²) in [4.78, 5) is 11.1. The molecule has 4 rings (SSSR count). The zero-order chi connectivity index (χ0) is 13.5. The van der Waals surface area contributed by atoms with E-state index in [9.17, 15) is 0 Å². The summed E-state index contributed by atoms with van der Waals surface area (Å²) >= 11 is 5.87. The molecule has 4 heterocycles. The van der Waals surface area contributed by atoms with Crippen LogP contribution in [0, 0.1) is 0 Å². The first-order valence-corrected chi connectivity index (χ1v) is 7.61. The van der Waals surface area contributed by atoms with Crippen LogP contribution >= 0.6 is 11.6 Å². The lowest BCUT2D eigenvalue weighted by Crippen LogP contribution is -2.47. The van der Waals surface area contributed by atoms with Crippen LogP contribution in [-0.2, 0) is 0 Å². The molecule has 0 saturated carbocycles. The number of rotatable bonds is 2. The SMILES string of the molecule is Clc1ccc2oc(N[C@H]3CCCN4CCC[C@H]34)nc2n1. The molecule has 6 heteroatoms. The molecule has 2 aliphatic heterocycles. The Morgan fingerprint density at radius 1 is 1.20 bits per heavy atom. The van der Waals surface area contributed by atoms with Gasteiger partial charge in [-0.15, -0.1) is 0 Å². The van der Waals surface area contributed by atoms with Crippen molar-refractivity contribution < 1.29 is 4.42 Å². The highest BCUT2D eigenvalue weighted by Gasteiger charge is 2.35. The van der Waals surface area contributed by atoms with Gasteiger partial charge in [-0.2, -0.15) is 4.98 Å². The summed E-state index contributed by atoms with van der Waals surface area (Å²) in [7, 11) is 0. The molecule has 2 aromatic heterocycles. The molecular formula is C14H17ClN4O. The van der Waals surface area contributed by atoms with E-state index in [0.717, 1.165) is 0 Å². The van der Waals surface area contributed by atoms with E-state index in [1.807, 2.05) is 6.07 Å². The Morgan fingerprint density at radius 3 is 2.95 bits per heavy atom. The van der Waals surface area contributed by atoms with Gasteiger partial charge in [0.15, 0.2) is 5.58 Å². The number of hydrogen-bond donors (Lipinski definition) is 1. The molecule has 0 amide bonds. The van der Waals surface area contributed by atoms with Crippen molar-refractivity contribution in [2.24, 2.45) is 0 Å². The lowest BCUT2D eigenvalue weighted by atomic mass is 9.97. The van der Waals surface area contributed by atoms with Gasteiger partial charge in [-0.3, -0.25) is 4.90 Å². The molecule has 2 aromatic rings. The van der Waals surface area contributed by atoms with Crippen molar-refractivity contribution in [1.29, 1.82) is 0 Å². The molecule has 2 aliphatic rings. The minimum atomic E-state index is 0.426. The summed E-state index contributed by atoms with van der Waals surface area (Å²) in [6.45, 7) is 2.46. The number of piperidine rings is 1. The highest BCUT2D eigenvalue weighted by molar-refractivity contribution is 6.29. The van der Waals surface area contributed by atoms with Crippen molar-refractivity contribution in [3.63, 3.8) is 0 Å². The van der Waals surface area contributed by atoms with Crippen molar-refractivity contribution in [2.45, 2.75) is 37.8 Å². The maximum absolute atomic E-state index is 5.87. The first-order valence-electron chi connectivity index (χ1n) is 7.23. The number of nitrogens with zero attached hydrogens (tertiary/aromatic N) is 3. The fraction of sp³-hybridized carbons (Fsp3) is 0.571. The van der Waals surface area contributed by atoms with E-state index in [2.05, 4.69) is 20.2 Å². The monoisotopic (exact) mass is 292 g/mol. The Balaban J connectivity index is 1.57. The lowest BCUT2D eigenvalue weighted by molar-refractivity contribution is 0.181. The van der Waals surface area contributed by atoms with Gasteiger partial charge in [-0.1, -0.05) is 11.6 Å². The smallest absolute Gasteiger partial charge is 0.297 e. The second kappa shape index (κ2) is 4.90. The topological polar surface area (TPSA) is 54.2 Å². The van der Waals surface area contributed by atoms with E-state index < -0.39 is 0 Å². The summed E-state index contributed by atoms with van der Waals surface area (Å²) < 4.78 is 5.71. The summed E-state index contributed by atoms with van der Waals surface area (Å²) in [6.07, 6.45) is 4.97. The van der Waals surface area contributed by atoms with Crippen molar-refractivity contribution in [1.82, 2.24) is 14.9 Å². The first-order chi connectivity index (χ1) is 9.79. The minimum Gasteiger partial charge on any atom is -0.422 e. The van der Waals surface area contributed by atoms with Crippen LogP contribution in [-0.4, -0.2) is 40.0 Å². The predicted molar refractivity (Wildman–Crippen MR) is 78.1 cm³/mol. The zero-order valence-corrected chi connectivity index (χ0v) is 11.9. The zero-order valence-electron chi connectivity index (χ0n) is 11.2. The average Bonchev–Trinajstić information content (AvgIpc) is 3.04. The number of aromatic nitrogens is 2. The summed E-state index contributed by atoms with van der Waals surface area (Å²) in [6, 6.07) is 5.14. The second-order valence-electron chi connectivity index (χ2n) is 5.61. The Kier molecular flexibility index (Phi) is 3.04. The number of pyridine rings is 1. The number of hydrogen-bond acceptors (Lipinski definition) is 5. The molecular weight excluding hydrogens is 276 g/mol. The second-order valence-corrected chi connectivity index (χ2v) is 6.00. The van der Waals surface area contributed by atoms with Crippen LogP contribution in [0.4, 0.5) is 6.01 Å². The number of anilines is 1. The average molecular weight is 293 g/mol. The summed E-state index contributed by atoms with van der Waals surface area (Å²) in [5.41, 5.74) is 1.25. The van der Waals surface area contributed by atoms with Crippen LogP contribution in [0.25, 0.3) is 11.2 Å². The van der Waals surface area contributed by atoms with Crippen LogP contribution in [0.15, 0.2) is 16.5 Å². The van der Waals surface area contributed by atoms with E-state index >= 15 is 0 Å². The van der Waals surface area contributed by atoms with Crippen LogP contribution in [0.3, 0.4) is 0 Å². The standard InChI is InChI=1S/C14H17ClN4O/c15-12-6-5-11-13(17-12)18-14(20-11)16-9-3-1-7-19-8-2-4-10(9)19/h5-6,9-10H,1-4,7-8H2,(H,16,17,18)/t9-,10+/m0/s1. The highest BCUT2D eigenvalue weighted by Crippen LogP contribution is 2.29.